The molecule has 0 unspecified atom stereocenters. The third-order valence-corrected chi connectivity index (χ3v) is 7.69. The van der Waals surface area contributed by atoms with Crippen molar-refractivity contribution < 1.29 is 28.5 Å². The number of fused-ring (bicyclic) bond motifs is 1. The third kappa shape index (κ3) is 6.79. The van der Waals surface area contributed by atoms with Crippen LogP contribution in [0.2, 0.25) is 0 Å². The minimum atomic E-state index is -1.14. The second kappa shape index (κ2) is 13.6. The predicted molar refractivity (Wildman–Crippen MR) is 164 cm³/mol. The average Bonchev–Trinajstić information content (AvgIpc) is 3.71. The Morgan fingerprint density at radius 3 is 2.47 bits per heavy atom. The third-order valence-electron chi connectivity index (χ3n) is 7.69. The van der Waals surface area contributed by atoms with Gasteiger partial charge in [0.05, 0.1) is 29.7 Å². The second-order valence-electron chi connectivity index (χ2n) is 10.8. The number of nitrogens with one attached hydrogen (secondary N) is 1. The van der Waals surface area contributed by atoms with Crippen molar-refractivity contribution in [2.75, 3.05) is 6.61 Å². The number of para-hydroxylation sites is 1. The SMILES string of the molecule is CCOc1nc2cccc(C(=O)O[C@H](C)OC(=O)OC3CCCCC3)c2n1Cc1ccc(-c2ccccc2-c2nn[nH]n2)cc1. The van der Waals surface area contributed by atoms with Crippen LogP contribution in [0.15, 0.2) is 66.7 Å². The van der Waals surface area contributed by atoms with E-state index >= 15 is 0 Å². The lowest BCUT2D eigenvalue weighted by Gasteiger charge is -2.22. The fraction of sp³-hybridized carbons (Fsp3) is 0.333. The molecule has 1 aliphatic rings. The number of hydrogen-bond donors (Lipinski definition) is 1. The largest absolute Gasteiger partial charge is 0.511 e. The van der Waals surface area contributed by atoms with E-state index in [1.807, 2.05) is 66.1 Å². The van der Waals surface area contributed by atoms with Gasteiger partial charge in [-0.1, -0.05) is 61.0 Å². The summed E-state index contributed by atoms with van der Waals surface area (Å²) in [5.41, 5.74) is 5.17. The summed E-state index contributed by atoms with van der Waals surface area (Å²) in [5, 5.41) is 14.5. The molecule has 0 spiro atoms. The molecule has 0 amide bonds. The number of tetrazole rings is 1. The molecule has 1 aliphatic carbocycles. The van der Waals surface area contributed by atoms with Crippen LogP contribution in [-0.4, -0.2) is 61.3 Å². The summed E-state index contributed by atoms with van der Waals surface area (Å²) in [6.07, 6.45) is 2.65. The van der Waals surface area contributed by atoms with Gasteiger partial charge in [0.1, 0.15) is 6.10 Å². The maximum atomic E-state index is 13.4. The van der Waals surface area contributed by atoms with Crippen molar-refractivity contribution >= 4 is 23.2 Å². The first-order valence-electron chi connectivity index (χ1n) is 15.1. The molecule has 6 rings (SSSR count). The van der Waals surface area contributed by atoms with Gasteiger partial charge in [0, 0.05) is 12.5 Å². The Morgan fingerprint density at radius 2 is 1.73 bits per heavy atom. The Labute approximate surface area is 259 Å². The molecule has 12 nitrogen and oxygen atoms in total. The van der Waals surface area contributed by atoms with Crippen molar-refractivity contribution in [1.82, 2.24) is 30.2 Å². The van der Waals surface area contributed by atoms with Crippen LogP contribution in [0.3, 0.4) is 0 Å². The van der Waals surface area contributed by atoms with Crippen LogP contribution in [0.1, 0.15) is 61.9 Å². The van der Waals surface area contributed by atoms with Crippen LogP contribution in [0, 0.1) is 0 Å². The molecule has 2 aromatic heterocycles. The second-order valence-corrected chi connectivity index (χ2v) is 10.8. The number of benzene rings is 3. The number of aromatic nitrogens is 6. The summed E-state index contributed by atoms with van der Waals surface area (Å²) in [6, 6.07) is 21.5. The molecule has 12 heteroatoms. The van der Waals surface area contributed by atoms with Gasteiger partial charge in [-0.05, 0) is 66.6 Å². The maximum absolute atomic E-state index is 13.4. The van der Waals surface area contributed by atoms with Gasteiger partial charge in [0.25, 0.3) is 6.01 Å². The number of carbonyl (C=O) groups is 2. The Hall–Kier alpha value is -5.26. The van der Waals surface area contributed by atoms with Gasteiger partial charge in [-0.3, -0.25) is 4.57 Å². The summed E-state index contributed by atoms with van der Waals surface area (Å²) in [4.78, 5) is 30.3. The fourth-order valence-corrected chi connectivity index (χ4v) is 5.61. The van der Waals surface area contributed by atoms with Gasteiger partial charge in [-0.15, -0.1) is 10.2 Å². The van der Waals surface area contributed by atoms with Crippen molar-refractivity contribution in [3.63, 3.8) is 0 Å². The highest BCUT2D eigenvalue weighted by Crippen LogP contribution is 2.31. The molecule has 0 aliphatic heterocycles. The number of hydrogen-bond acceptors (Lipinski definition) is 10. The number of ether oxygens (including phenoxy) is 4. The molecule has 0 saturated heterocycles. The average molecular weight is 611 g/mol. The Kier molecular flexibility index (Phi) is 8.99. The van der Waals surface area contributed by atoms with E-state index in [2.05, 4.69) is 25.6 Å². The Bertz CT molecular complexity index is 1760. The monoisotopic (exact) mass is 610 g/mol. The number of rotatable bonds is 10. The quantitative estimate of drug-likeness (QED) is 0.141. The van der Waals surface area contributed by atoms with Gasteiger partial charge in [-0.2, -0.15) is 10.2 Å². The van der Waals surface area contributed by atoms with Gasteiger partial charge in [0.15, 0.2) is 0 Å². The van der Waals surface area contributed by atoms with Crippen molar-refractivity contribution in [3.05, 3.63) is 77.9 Å². The van der Waals surface area contributed by atoms with Crippen LogP contribution in [0.25, 0.3) is 33.5 Å². The molecule has 2 heterocycles. The first-order valence-corrected chi connectivity index (χ1v) is 15.1. The van der Waals surface area contributed by atoms with Crippen LogP contribution in [0.4, 0.5) is 4.79 Å². The minimum Gasteiger partial charge on any atom is -0.465 e. The molecule has 0 bridgehead atoms. The molecule has 232 valence electrons. The topological polar surface area (TPSA) is 143 Å². The minimum absolute atomic E-state index is 0.163. The molecule has 1 N–H and O–H groups in total. The zero-order chi connectivity index (χ0) is 31.2. The summed E-state index contributed by atoms with van der Waals surface area (Å²) < 4.78 is 23.9. The lowest BCUT2D eigenvalue weighted by molar-refractivity contribution is -0.0914. The highest BCUT2D eigenvalue weighted by atomic mass is 16.8. The molecule has 0 radical (unpaired) electrons. The molecule has 1 saturated carbocycles. The summed E-state index contributed by atoms with van der Waals surface area (Å²) in [5.74, 6) is -0.141. The number of nitrogens with zero attached hydrogens (tertiary/aromatic N) is 5. The number of imidazole rings is 1. The van der Waals surface area contributed by atoms with Gasteiger partial charge >= 0.3 is 12.1 Å². The molecule has 5 aromatic rings. The smallest absolute Gasteiger partial charge is 0.465 e. The van der Waals surface area contributed by atoms with Crippen molar-refractivity contribution in [3.8, 4) is 28.5 Å². The van der Waals surface area contributed by atoms with Crippen LogP contribution < -0.4 is 4.74 Å². The fourth-order valence-electron chi connectivity index (χ4n) is 5.61. The summed E-state index contributed by atoms with van der Waals surface area (Å²) in [6.45, 7) is 4.13. The Balaban J connectivity index is 1.22. The standard InChI is InChI=1S/C33H34N6O6/c1-3-42-32-34-28-15-9-14-27(31(40)43-21(2)44-33(41)45-24-10-5-4-6-11-24)29(28)39(32)20-22-16-18-23(19-17-22)25-12-7-8-13-26(25)30-35-37-38-36-30/h7-9,12-19,21,24H,3-6,10-11,20H2,1-2H3,(H,35,36,37,38)/t21-/m0/s1. The van der Waals surface area contributed by atoms with E-state index in [0.717, 1.165) is 54.4 Å². The van der Waals surface area contributed by atoms with Crippen LogP contribution in [-0.2, 0) is 20.8 Å². The maximum Gasteiger partial charge on any atom is 0.511 e. The number of esters is 1. The zero-order valence-electron chi connectivity index (χ0n) is 25.1. The first kappa shape index (κ1) is 29.8. The first-order chi connectivity index (χ1) is 22.0. The van der Waals surface area contributed by atoms with Crippen molar-refractivity contribution in [1.29, 1.82) is 0 Å². The molecule has 1 fully saturated rings. The lowest BCUT2D eigenvalue weighted by Crippen LogP contribution is -2.26. The van der Waals surface area contributed by atoms with Gasteiger partial charge < -0.3 is 18.9 Å². The normalized spacial score (nSPS) is 14.2. The van der Waals surface area contributed by atoms with E-state index in [0.29, 0.717) is 36.0 Å². The van der Waals surface area contributed by atoms with E-state index in [4.69, 9.17) is 18.9 Å². The van der Waals surface area contributed by atoms with Crippen LogP contribution in [0.5, 0.6) is 6.01 Å². The number of aromatic amines is 1. The molecule has 45 heavy (non-hydrogen) atoms. The highest BCUT2D eigenvalue weighted by molar-refractivity contribution is 6.02. The predicted octanol–water partition coefficient (Wildman–Crippen LogP) is 6.32. The number of carbonyl (C=O) groups excluding carboxylic acids is 2. The van der Waals surface area contributed by atoms with Crippen molar-refractivity contribution in [2.24, 2.45) is 0 Å². The summed E-state index contributed by atoms with van der Waals surface area (Å²) in [7, 11) is 0. The van der Waals surface area contributed by atoms with E-state index < -0.39 is 18.4 Å². The van der Waals surface area contributed by atoms with E-state index in [1.54, 1.807) is 12.1 Å². The van der Waals surface area contributed by atoms with E-state index in [9.17, 15) is 9.59 Å². The van der Waals surface area contributed by atoms with E-state index in [1.165, 1.54) is 6.92 Å². The van der Waals surface area contributed by atoms with E-state index in [-0.39, 0.29) is 11.7 Å². The Morgan fingerprint density at radius 1 is 0.956 bits per heavy atom. The molecule has 1 atom stereocenters. The highest BCUT2D eigenvalue weighted by Gasteiger charge is 2.25. The molecular weight excluding hydrogens is 576 g/mol. The summed E-state index contributed by atoms with van der Waals surface area (Å²) >= 11 is 0. The number of H-pyrrole nitrogens is 1. The zero-order valence-corrected chi connectivity index (χ0v) is 25.1. The van der Waals surface area contributed by atoms with Gasteiger partial charge in [0.2, 0.25) is 12.1 Å². The van der Waals surface area contributed by atoms with Crippen LogP contribution >= 0.6 is 0 Å². The molecule has 3 aromatic carbocycles. The van der Waals surface area contributed by atoms with Gasteiger partial charge in [-0.25, -0.2) is 9.59 Å². The molecular formula is C33H34N6O6. The van der Waals surface area contributed by atoms with Crippen molar-refractivity contribution in [2.45, 2.75) is 64.9 Å². The lowest BCUT2D eigenvalue weighted by atomic mass is 9.98.